The van der Waals surface area contributed by atoms with Crippen LogP contribution in [0, 0.1) is 0 Å². The molecule has 0 aliphatic rings. The predicted octanol–water partition coefficient (Wildman–Crippen LogP) is 2.36. The standard InChI is InChI=1S/C13H11N3O2S/c17-19(18,10-4-2-1-3-5-10)16-12-7-9-15-13-11(12)6-8-14-13/h1-9H,(H2,14,15,16). The minimum absolute atomic E-state index is 0.232. The Bertz CT molecular complexity index is 810. The Morgan fingerprint density at radius 3 is 2.63 bits per heavy atom. The summed E-state index contributed by atoms with van der Waals surface area (Å²) in [4.78, 5) is 7.29. The van der Waals surface area contributed by atoms with Gasteiger partial charge in [0, 0.05) is 17.8 Å². The lowest BCUT2D eigenvalue weighted by Gasteiger charge is -2.08. The van der Waals surface area contributed by atoms with Gasteiger partial charge in [-0.1, -0.05) is 18.2 Å². The number of pyridine rings is 1. The first-order valence-corrected chi connectivity index (χ1v) is 7.15. The van der Waals surface area contributed by atoms with Crippen molar-refractivity contribution in [3.8, 4) is 0 Å². The van der Waals surface area contributed by atoms with Gasteiger partial charge in [0.05, 0.1) is 10.6 Å². The number of hydrogen-bond donors (Lipinski definition) is 2. The van der Waals surface area contributed by atoms with E-state index in [1.807, 2.05) is 0 Å². The Kier molecular flexibility index (Phi) is 2.72. The smallest absolute Gasteiger partial charge is 0.261 e. The van der Waals surface area contributed by atoms with Crippen LogP contribution in [0.3, 0.4) is 0 Å². The molecule has 0 unspecified atom stereocenters. The Morgan fingerprint density at radius 1 is 1.05 bits per heavy atom. The number of nitrogens with zero attached hydrogens (tertiary/aromatic N) is 1. The number of fused-ring (bicyclic) bond motifs is 1. The second-order valence-corrected chi connectivity index (χ2v) is 5.70. The second-order valence-electron chi connectivity index (χ2n) is 4.02. The van der Waals surface area contributed by atoms with E-state index in [0.717, 1.165) is 5.39 Å². The molecule has 5 nitrogen and oxygen atoms in total. The van der Waals surface area contributed by atoms with Crippen molar-refractivity contribution in [1.29, 1.82) is 0 Å². The normalized spacial score (nSPS) is 11.6. The van der Waals surface area contributed by atoms with Crippen LogP contribution in [0.1, 0.15) is 0 Å². The zero-order valence-electron chi connectivity index (χ0n) is 9.87. The van der Waals surface area contributed by atoms with Gasteiger partial charge in [0.15, 0.2) is 0 Å². The van der Waals surface area contributed by atoms with Crippen LogP contribution in [0.15, 0.2) is 59.8 Å². The van der Waals surface area contributed by atoms with Crippen LogP contribution in [0.4, 0.5) is 5.69 Å². The third-order valence-corrected chi connectivity index (χ3v) is 4.14. The van der Waals surface area contributed by atoms with Crippen LogP contribution in [-0.4, -0.2) is 18.4 Å². The molecule has 6 heteroatoms. The highest BCUT2D eigenvalue weighted by molar-refractivity contribution is 7.92. The Labute approximate surface area is 110 Å². The molecular weight excluding hydrogens is 262 g/mol. The highest BCUT2D eigenvalue weighted by atomic mass is 32.2. The Hall–Kier alpha value is -2.34. The van der Waals surface area contributed by atoms with Gasteiger partial charge in [0.25, 0.3) is 10.0 Å². The molecule has 0 fully saturated rings. The first-order valence-electron chi connectivity index (χ1n) is 5.67. The Morgan fingerprint density at radius 2 is 1.84 bits per heavy atom. The van der Waals surface area contributed by atoms with E-state index in [9.17, 15) is 8.42 Å². The first kappa shape index (κ1) is 11.7. The highest BCUT2D eigenvalue weighted by Gasteiger charge is 2.15. The molecule has 96 valence electrons. The Balaban J connectivity index is 2.04. The molecule has 0 aliphatic carbocycles. The molecule has 0 saturated carbocycles. The molecule has 0 radical (unpaired) electrons. The number of aromatic amines is 1. The van der Waals surface area contributed by atoms with Crippen LogP contribution in [0.2, 0.25) is 0 Å². The van der Waals surface area contributed by atoms with Crippen molar-refractivity contribution in [3.05, 3.63) is 54.9 Å². The number of hydrogen-bond acceptors (Lipinski definition) is 3. The highest BCUT2D eigenvalue weighted by Crippen LogP contribution is 2.23. The maximum atomic E-state index is 12.2. The molecule has 0 atom stereocenters. The summed E-state index contributed by atoms with van der Waals surface area (Å²) in [6.07, 6.45) is 3.28. The van der Waals surface area contributed by atoms with Crippen LogP contribution < -0.4 is 4.72 Å². The van der Waals surface area contributed by atoms with E-state index in [1.165, 1.54) is 0 Å². The van der Waals surface area contributed by atoms with Crippen molar-refractivity contribution >= 4 is 26.7 Å². The zero-order chi connectivity index (χ0) is 13.3. The first-order chi connectivity index (χ1) is 9.17. The maximum Gasteiger partial charge on any atom is 0.261 e. The molecule has 0 amide bonds. The van der Waals surface area contributed by atoms with Crippen LogP contribution in [0.25, 0.3) is 11.0 Å². The van der Waals surface area contributed by atoms with E-state index < -0.39 is 10.0 Å². The van der Waals surface area contributed by atoms with Crippen molar-refractivity contribution < 1.29 is 8.42 Å². The zero-order valence-corrected chi connectivity index (χ0v) is 10.7. The molecule has 0 bridgehead atoms. The molecule has 2 aromatic heterocycles. The van der Waals surface area contributed by atoms with Gasteiger partial charge in [0.2, 0.25) is 0 Å². The minimum Gasteiger partial charge on any atom is -0.346 e. The molecule has 1 aromatic carbocycles. The lowest BCUT2D eigenvalue weighted by Crippen LogP contribution is -2.12. The molecule has 2 N–H and O–H groups in total. The number of sulfonamides is 1. The van der Waals surface area contributed by atoms with Gasteiger partial charge in [0.1, 0.15) is 5.65 Å². The van der Waals surface area contributed by atoms with Gasteiger partial charge < -0.3 is 4.98 Å². The third-order valence-electron chi connectivity index (χ3n) is 2.76. The monoisotopic (exact) mass is 273 g/mol. The summed E-state index contributed by atoms with van der Waals surface area (Å²) in [5.41, 5.74) is 1.16. The van der Waals surface area contributed by atoms with E-state index in [-0.39, 0.29) is 4.90 Å². The molecular formula is C13H11N3O2S. The van der Waals surface area contributed by atoms with E-state index in [1.54, 1.807) is 54.9 Å². The fourth-order valence-corrected chi connectivity index (χ4v) is 2.95. The minimum atomic E-state index is -3.57. The molecule has 3 aromatic rings. The second kappa shape index (κ2) is 4.40. The number of benzene rings is 1. The number of rotatable bonds is 3. The summed E-state index contributed by atoms with van der Waals surface area (Å²) in [7, 11) is -3.57. The lowest BCUT2D eigenvalue weighted by molar-refractivity contribution is 0.601. The van der Waals surface area contributed by atoms with Crippen molar-refractivity contribution in [2.45, 2.75) is 4.90 Å². The van der Waals surface area contributed by atoms with E-state index in [0.29, 0.717) is 11.3 Å². The van der Waals surface area contributed by atoms with E-state index >= 15 is 0 Å². The average Bonchev–Trinajstić information content (AvgIpc) is 2.89. The summed E-state index contributed by atoms with van der Waals surface area (Å²) in [5, 5.41) is 0.738. The van der Waals surface area contributed by atoms with Gasteiger partial charge in [-0.25, -0.2) is 13.4 Å². The van der Waals surface area contributed by atoms with E-state index in [4.69, 9.17) is 0 Å². The molecule has 3 rings (SSSR count). The van der Waals surface area contributed by atoms with Crippen molar-refractivity contribution in [2.24, 2.45) is 0 Å². The molecule has 0 spiro atoms. The average molecular weight is 273 g/mol. The number of nitrogens with one attached hydrogen (secondary N) is 2. The van der Waals surface area contributed by atoms with Gasteiger partial charge >= 0.3 is 0 Å². The summed E-state index contributed by atoms with van der Waals surface area (Å²) >= 11 is 0. The van der Waals surface area contributed by atoms with Crippen LogP contribution in [-0.2, 0) is 10.0 Å². The van der Waals surface area contributed by atoms with Crippen molar-refractivity contribution in [3.63, 3.8) is 0 Å². The summed E-state index contributed by atoms with van der Waals surface area (Å²) in [6.45, 7) is 0. The van der Waals surface area contributed by atoms with E-state index in [2.05, 4.69) is 14.7 Å². The van der Waals surface area contributed by atoms with Crippen LogP contribution in [0.5, 0.6) is 0 Å². The number of aromatic nitrogens is 2. The van der Waals surface area contributed by atoms with Crippen LogP contribution >= 0.6 is 0 Å². The topological polar surface area (TPSA) is 74.8 Å². The molecule has 2 heterocycles. The van der Waals surface area contributed by atoms with Gasteiger partial charge in [-0.15, -0.1) is 0 Å². The molecule has 19 heavy (non-hydrogen) atoms. The predicted molar refractivity (Wildman–Crippen MR) is 73.3 cm³/mol. The number of H-pyrrole nitrogens is 1. The van der Waals surface area contributed by atoms with Crippen molar-refractivity contribution in [1.82, 2.24) is 9.97 Å². The van der Waals surface area contributed by atoms with Gasteiger partial charge in [-0.2, -0.15) is 0 Å². The summed E-state index contributed by atoms with van der Waals surface area (Å²) in [6, 6.07) is 11.7. The fourth-order valence-electron chi connectivity index (χ4n) is 1.85. The third kappa shape index (κ3) is 2.17. The summed E-state index contributed by atoms with van der Waals surface area (Å²) in [5.74, 6) is 0. The molecule has 0 aliphatic heterocycles. The maximum absolute atomic E-state index is 12.2. The fraction of sp³-hybridized carbons (Fsp3) is 0. The quantitative estimate of drug-likeness (QED) is 0.769. The van der Waals surface area contributed by atoms with Gasteiger partial charge in [-0.05, 0) is 24.3 Å². The molecule has 0 saturated heterocycles. The summed E-state index contributed by atoms with van der Waals surface area (Å²) < 4.78 is 27.0. The number of anilines is 1. The lowest BCUT2D eigenvalue weighted by atomic mass is 10.3. The SMILES string of the molecule is O=S(=O)(Nc1ccnc2[nH]ccc12)c1ccccc1. The van der Waals surface area contributed by atoms with Crippen molar-refractivity contribution in [2.75, 3.05) is 4.72 Å². The largest absolute Gasteiger partial charge is 0.346 e. The van der Waals surface area contributed by atoms with Gasteiger partial charge in [-0.3, -0.25) is 4.72 Å².